The summed E-state index contributed by atoms with van der Waals surface area (Å²) in [6.45, 7) is 6.65. The fourth-order valence-corrected chi connectivity index (χ4v) is 9.88. The zero-order valence-electron chi connectivity index (χ0n) is 49.9. The van der Waals surface area contributed by atoms with Gasteiger partial charge in [-0.05, 0) is 77.0 Å². The zero-order chi connectivity index (χ0) is 53.6. The van der Waals surface area contributed by atoms with E-state index in [1.165, 1.54) is 257 Å². The highest BCUT2D eigenvalue weighted by atomic mass is 16.6. The standard InChI is InChI=1S/C68H126O6/c1-4-7-10-13-16-19-21-23-25-27-29-31-33-34-36-37-39-41-43-45-47-49-52-55-58-61-67(70)73-64-65(63-72-66(69)60-57-54-51-18-15-12-9-6-3)74-68(71)62-59-56-53-50-48-46-44-42-40-38-35-32-30-28-26-24-22-20-17-14-11-8-5-2/h22,24,27-30,65H,4-21,23,25-26,31-64H2,1-3H3/b24-22-,29-27-,30-28-. The third-order valence-electron chi connectivity index (χ3n) is 14.9. The van der Waals surface area contributed by atoms with Crippen molar-refractivity contribution in [3.05, 3.63) is 36.5 Å². The van der Waals surface area contributed by atoms with Crippen molar-refractivity contribution in [1.82, 2.24) is 0 Å². The van der Waals surface area contributed by atoms with Gasteiger partial charge >= 0.3 is 17.9 Å². The van der Waals surface area contributed by atoms with Crippen molar-refractivity contribution in [1.29, 1.82) is 0 Å². The molecule has 0 aliphatic carbocycles. The zero-order valence-corrected chi connectivity index (χ0v) is 49.9. The fourth-order valence-electron chi connectivity index (χ4n) is 9.88. The molecule has 0 aliphatic heterocycles. The average molecular weight is 1040 g/mol. The van der Waals surface area contributed by atoms with Crippen molar-refractivity contribution < 1.29 is 28.6 Å². The van der Waals surface area contributed by atoms with E-state index in [9.17, 15) is 14.4 Å². The summed E-state index contributed by atoms with van der Waals surface area (Å²) >= 11 is 0. The van der Waals surface area contributed by atoms with Gasteiger partial charge in [0.05, 0.1) is 0 Å². The lowest BCUT2D eigenvalue weighted by Crippen LogP contribution is -2.30. The Morgan fingerprint density at radius 2 is 0.486 bits per heavy atom. The van der Waals surface area contributed by atoms with E-state index in [0.717, 1.165) is 64.2 Å². The first-order chi connectivity index (χ1) is 36.5. The first kappa shape index (κ1) is 71.6. The lowest BCUT2D eigenvalue weighted by atomic mass is 10.0. The van der Waals surface area contributed by atoms with Gasteiger partial charge in [0.1, 0.15) is 13.2 Å². The van der Waals surface area contributed by atoms with Crippen LogP contribution in [0.2, 0.25) is 0 Å². The summed E-state index contributed by atoms with van der Waals surface area (Å²) in [7, 11) is 0. The second-order valence-electron chi connectivity index (χ2n) is 22.4. The molecule has 1 atom stereocenters. The Morgan fingerprint density at radius 1 is 0.270 bits per heavy atom. The van der Waals surface area contributed by atoms with Crippen LogP contribution in [0.15, 0.2) is 36.5 Å². The van der Waals surface area contributed by atoms with E-state index < -0.39 is 6.10 Å². The number of ether oxygens (including phenoxy) is 3. The molecule has 0 aromatic heterocycles. The van der Waals surface area contributed by atoms with Crippen LogP contribution < -0.4 is 0 Å². The molecule has 6 nitrogen and oxygen atoms in total. The van der Waals surface area contributed by atoms with Gasteiger partial charge in [-0.1, -0.05) is 301 Å². The van der Waals surface area contributed by atoms with Gasteiger partial charge in [-0.2, -0.15) is 0 Å². The molecular weight excluding hydrogens is 913 g/mol. The number of unbranched alkanes of at least 4 members (excludes halogenated alkanes) is 44. The molecule has 0 spiro atoms. The van der Waals surface area contributed by atoms with E-state index in [0.29, 0.717) is 19.3 Å². The maximum absolute atomic E-state index is 12.9. The average Bonchev–Trinajstić information content (AvgIpc) is 3.40. The topological polar surface area (TPSA) is 78.9 Å². The molecule has 0 N–H and O–H groups in total. The maximum Gasteiger partial charge on any atom is 0.306 e. The predicted octanol–water partition coefficient (Wildman–Crippen LogP) is 22.4. The molecule has 74 heavy (non-hydrogen) atoms. The molecule has 0 rings (SSSR count). The highest BCUT2D eigenvalue weighted by molar-refractivity contribution is 5.71. The largest absolute Gasteiger partial charge is 0.462 e. The second-order valence-corrected chi connectivity index (χ2v) is 22.4. The molecule has 0 aromatic rings. The monoisotopic (exact) mass is 1040 g/mol. The summed E-state index contributed by atoms with van der Waals surface area (Å²) in [5.41, 5.74) is 0. The van der Waals surface area contributed by atoms with Crippen molar-refractivity contribution in [2.24, 2.45) is 0 Å². The first-order valence-corrected chi connectivity index (χ1v) is 33.0. The number of rotatable bonds is 61. The Balaban J connectivity index is 4.12. The fraction of sp³-hybridized carbons (Fsp3) is 0.868. The van der Waals surface area contributed by atoms with Crippen LogP contribution in [-0.2, 0) is 28.6 Å². The molecule has 0 bridgehead atoms. The Labute approximate surface area is 461 Å². The molecule has 0 saturated carbocycles. The second kappa shape index (κ2) is 63.2. The van der Waals surface area contributed by atoms with E-state index in [-0.39, 0.29) is 31.1 Å². The van der Waals surface area contributed by atoms with Crippen LogP contribution in [0, 0.1) is 0 Å². The maximum atomic E-state index is 12.9. The van der Waals surface area contributed by atoms with E-state index >= 15 is 0 Å². The number of allylic oxidation sites excluding steroid dienone is 6. The summed E-state index contributed by atoms with van der Waals surface area (Å²) in [4.78, 5) is 38.2. The van der Waals surface area contributed by atoms with Gasteiger partial charge in [-0.3, -0.25) is 14.4 Å². The molecule has 0 aliphatic rings. The molecule has 0 heterocycles. The molecule has 0 fully saturated rings. The van der Waals surface area contributed by atoms with Crippen molar-refractivity contribution in [3.8, 4) is 0 Å². The van der Waals surface area contributed by atoms with E-state index in [4.69, 9.17) is 14.2 Å². The molecule has 0 radical (unpaired) electrons. The van der Waals surface area contributed by atoms with Crippen molar-refractivity contribution in [3.63, 3.8) is 0 Å². The lowest BCUT2D eigenvalue weighted by molar-refractivity contribution is -0.167. The summed E-state index contributed by atoms with van der Waals surface area (Å²) in [5.74, 6) is -0.853. The summed E-state index contributed by atoms with van der Waals surface area (Å²) in [6.07, 6.45) is 77.5. The smallest absolute Gasteiger partial charge is 0.306 e. The molecule has 0 amide bonds. The number of carbonyl (C=O) groups is 3. The molecule has 1 unspecified atom stereocenters. The molecule has 0 aromatic carbocycles. The van der Waals surface area contributed by atoms with Crippen LogP contribution in [0.25, 0.3) is 0 Å². The predicted molar refractivity (Wildman–Crippen MR) is 321 cm³/mol. The van der Waals surface area contributed by atoms with Gasteiger partial charge in [0.2, 0.25) is 0 Å². The Kier molecular flexibility index (Phi) is 61.1. The number of carbonyl (C=O) groups excluding carboxylic acids is 3. The summed E-state index contributed by atoms with van der Waals surface area (Å²) in [5, 5.41) is 0. The van der Waals surface area contributed by atoms with Crippen LogP contribution in [-0.4, -0.2) is 37.2 Å². The minimum Gasteiger partial charge on any atom is -0.462 e. The molecular formula is C68H126O6. The number of esters is 3. The van der Waals surface area contributed by atoms with Gasteiger partial charge in [-0.15, -0.1) is 0 Å². The van der Waals surface area contributed by atoms with E-state index in [1.807, 2.05) is 0 Å². The van der Waals surface area contributed by atoms with Gasteiger partial charge < -0.3 is 14.2 Å². The van der Waals surface area contributed by atoms with Crippen LogP contribution in [0.1, 0.15) is 361 Å². The minimum atomic E-state index is -0.770. The van der Waals surface area contributed by atoms with Gasteiger partial charge in [0.15, 0.2) is 6.10 Å². The third-order valence-corrected chi connectivity index (χ3v) is 14.9. The van der Waals surface area contributed by atoms with Crippen molar-refractivity contribution >= 4 is 17.9 Å². The Bertz CT molecular complexity index is 1240. The van der Waals surface area contributed by atoms with Crippen LogP contribution in [0.3, 0.4) is 0 Å². The third kappa shape index (κ3) is 60.5. The molecule has 6 heteroatoms. The normalized spacial score (nSPS) is 12.2. The van der Waals surface area contributed by atoms with E-state index in [1.54, 1.807) is 0 Å². The van der Waals surface area contributed by atoms with Crippen molar-refractivity contribution in [2.75, 3.05) is 13.2 Å². The van der Waals surface area contributed by atoms with Crippen LogP contribution in [0.4, 0.5) is 0 Å². The highest BCUT2D eigenvalue weighted by Gasteiger charge is 2.19. The van der Waals surface area contributed by atoms with Crippen molar-refractivity contribution in [2.45, 2.75) is 367 Å². The van der Waals surface area contributed by atoms with Gasteiger partial charge in [-0.25, -0.2) is 0 Å². The minimum absolute atomic E-state index is 0.0688. The SMILES string of the molecule is CCCCCCC/C=C\C/C=C\CCCCCCCCCCCCCC(=O)OC(COC(=O)CCCCCCCCCC)COC(=O)CCCCCCCCCCCCCCC/C=C\CCCCCCCCCC. The Hall–Kier alpha value is -2.37. The highest BCUT2D eigenvalue weighted by Crippen LogP contribution is 2.17. The first-order valence-electron chi connectivity index (χ1n) is 33.0. The summed E-state index contributed by atoms with van der Waals surface area (Å²) < 4.78 is 16.9. The van der Waals surface area contributed by atoms with Gasteiger partial charge in [0, 0.05) is 19.3 Å². The van der Waals surface area contributed by atoms with Gasteiger partial charge in [0.25, 0.3) is 0 Å². The quantitative estimate of drug-likeness (QED) is 0.0261. The lowest BCUT2D eigenvalue weighted by Gasteiger charge is -2.18. The molecule has 0 saturated heterocycles. The number of hydrogen-bond donors (Lipinski definition) is 0. The van der Waals surface area contributed by atoms with Crippen LogP contribution >= 0.6 is 0 Å². The van der Waals surface area contributed by atoms with Crippen LogP contribution in [0.5, 0.6) is 0 Å². The Morgan fingerprint density at radius 3 is 0.757 bits per heavy atom. The van der Waals surface area contributed by atoms with E-state index in [2.05, 4.69) is 57.2 Å². The molecule has 434 valence electrons. The number of hydrogen-bond acceptors (Lipinski definition) is 6. The summed E-state index contributed by atoms with van der Waals surface area (Å²) in [6, 6.07) is 0.